The number of nitrogens with one attached hydrogen (secondary N) is 1. The number of hydrogen-bond donors (Lipinski definition) is 2. The first-order valence-electron chi connectivity index (χ1n) is 10.3. The normalized spacial score (nSPS) is 16.1. The number of fused-ring (bicyclic) bond motifs is 1. The number of halogens is 4. The molecule has 2 N–H and O–H groups in total. The number of anilines is 1. The molecular weight excluding hydrogens is 444 g/mol. The molecule has 0 bridgehead atoms. The number of aryl methyl sites for hydroxylation is 1. The first-order valence-corrected chi connectivity index (χ1v) is 10.3. The first kappa shape index (κ1) is 23.0. The summed E-state index contributed by atoms with van der Waals surface area (Å²) < 4.78 is 58.6. The second kappa shape index (κ2) is 7.98. The largest absolute Gasteiger partial charge is 0.390 e. The summed E-state index contributed by atoms with van der Waals surface area (Å²) in [6, 6.07) is 3.69. The minimum Gasteiger partial charge on any atom is -0.390 e. The molecule has 0 spiro atoms. The highest BCUT2D eigenvalue weighted by Gasteiger charge is 2.45. The van der Waals surface area contributed by atoms with Crippen molar-refractivity contribution in [2.24, 2.45) is 7.05 Å². The predicted octanol–water partition coefficient (Wildman–Crippen LogP) is 2.95. The number of aromatic nitrogens is 3. The van der Waals surface area contributed by atoms with E-state index in [9.17, 15) is 27.2 Å². The third kappa shape index (κ3) is 3.79. The summed E-state index contributed by atoms with van der Waals surface area (Å²) >= 11 is 0. The van der Waals surface area contributed by atoms with Crippen molar-refractivity contribution in [3.8, 4) is 0 Å². The fraction of sp³-hybridized carbons (Fsp3) is 0.409. The van der Waals surface area contributed by atoms with E-state index in [1.165, 1.54) is 36.9 Å². The maximum absolute atomic E-state index is 14.9. The van der Waals surface area contributed by atoms with Crippen LogP contribution in [0, 0.1) is 5.82 Å². The van der Waals surface area contributed by atoms with Crippen LogP contribution in [-0.4, -0.2) is 32.7 Å². The van der Waals surface area contributed by atoms with E-state index in [4.69, 9.17) is 5.11 Å². The van der Waals surface area contributed by atoms with Crippen LogP contribution in [0.2, 0.25) is 0 Å². The van der Waals surface area contributed by atoms with Gasteiger partial charge < -0.3 is 15.0 Å². The van der Waals surface area contributed by atoms with Crippen LogP contribution >= 0.6 is 0 Å². The zero-order valence-electron chi connectivity index (χ0n) is 17.9. The van der Waals surface area contributed by atoms with Crippen molar-refractivity contribution >= 4 is 16.6 Å². The van der Waals surface area contributed by atoms with Gasteiger partial charge in [0.1, 0.15) is 19.1 Å². The van der Waals surface area contributed by atoms with Crippen LogP contribution in [0.4, 0.5) is 23.4 Å². The van der Waals surface area contributed by atoms with E-state index in [2.05, 4.69) is 10.4 Å². The van der Waals surface area contributed by atoms with Gasteiger partial charge in [-0.3, -0.25) is 9.59 Å². The number of nitrogens with zero attached hydrogens (tertiary/aromatic N) is 3. The molecule has 1 aliphatic carbocycles. The molecule has 0 amide bonds. The fourth-order valence-electron chi connectivity index (χ4n) is 3.92. The predicted molar refractivity (Wildman–Crippen MR) is 114 cm³/mol. The third-order valence-corrected chi connectivity index (χ3v) is 6.11. The molecule has 2 aromatic heterocycles. The quantitative estimate of drug-likeness (QED) is 0.523. The van der Waals surface area contributed by atoms with Crippen molar-refractivity contribution in [3.05, 3.63) is 68.1 Å². The highest BCUT2D eigenvalue weighted by Crippen LogP contribution is 2.43. The van der Waals surface area contributed by atoms with Crippen molar-refractivity contribution in [1.82, 2.24) is 14.3 Å². The lowest BCUT2D eigenvalue weighted by Gasteiger charge is -2.22. The van der Waals surface area contributed by atoms with Crippen LogP contribution in [0.25, 0.3) is 10.8 Å². The number of benzene rings is 1. The van der Waals surface area contributed by atoms with Gasteiger partial charge in [-0.1, -0.05) is 12.1 Å². The van der Waals surface area contributed by atoms with Crippen LogP contribution in [0.1, 0.15) is 36.9 Å². The maximum atomic E-state index is 14.9. The monoisotopic (exact) mass is 466 g/mol. The fourth-order valence-corrected chi connectivity index (χ4v) is 3.92. The molecule has 0 unspecified atom stereocenters. The minimum atomic E-state index is -3.76. The lowest BCUT2D eigenvalue weighted by Crippen LogP contribution is -2.33. The first-order chi connectivity index (χ1) is 15.5. The molecule has 1 aliphatic rings. The molecule has 1 fully saturated rings. The van der Waals surface area contributed by atoms with Gasteiger partial charge in [-0.05, 0) is 25.8 Å². The minimum absolute atomic E-state index is 0.0409. The Bertz CT molecular complexity index is 1350. The number of alkyl halides is 3. The lowest BCUT2D eigenvalue weighted by atomic mass is 10.00. The van der Waals surface area contributed by atoms with E-state index in [0.29, 0.717) is 12.8 Å². The van der Waals surface area contributed by atoms with E-state index < -0.39 is 53.3 Å². The SMILES string of the molecule is C[C@H](Nc1nn(C)c(=O)c2cc(=O)n(C3(CF)CC3)cc12)c1cccc(C(F)(F)CO)c1F. The maximum Gasteiger partial charge on any atom is 0.298 e. The second-order valence-corrected chi connectivity index (χ2v) is 8.38. The molecule has 2 heterocycles. The summed E-state index contributed by atoms with van der Waals surface area (Å²) in [6.07, 6.45) is 2.31. The standard InChI is InChI=1S/C22H22F4N4O3/c1-12(13-4-3-5-16(18(13)24)22(25,26)11-31)27-19-15-9-30(21(10-23)6-7-21)17(32)8-14(15)20(33)29(2)28-19/h3-5,8-9,12,31H,6-7,10-11H2,1-2H3,(H,27,28)/t12-/m0/s1. The summed E-state index contributed by atoms with van der Waals surface area (Å²) in [5.41, 5.74) is -3.08. The van der Waals surface area contributed by atoms with Gasteiger partial charge >= 0.3 is 0 Å². The molecule has 1 aromatic carbocycles. The number of aliphatic hydroxyl groups excluding tert-OH is 1. The Morgan fingerprint density at radius 2 is 1.97 bits per heavy atom. The molecule has 0 aliphatic heterocycles. The molecule has 1 atom stereocenters. The van der Waals surface area contributed by atoms with Gasteiger partial charge in [-0.2, -0.15) is 13.9 Å². The summed E-state index contributed by atoms with van der Waals surface area (Å²) in [5, 5.41) is 16.3. The molecular formula is C22H22F4N4O3. The van der Waals surface area contributed by atoms with Crippen LogP contribution < -0.4 is 16.4 Å². The summed E-state index contributed by atoms with van der Waals surface area (Å²) in [4.78, 5) is 25.1. The van der Waals surface area contributed by atoms with Crippen LogP contribution in [-0.2, 0) is 18.5 Å². The van der Waals surface area contributed by atoms with Gasteiger partial charge in [-0.25, -0.2) is 13.5 Å². The average Bonchev–Trinajstić information content (AvgIpc) is 3.58. The molecule has 11 heteroatoms. The Kier molecular flexibility index (Phi) is 5.55. The Labute approximate surface area is 185 Å². The lowest BCUT2D eigenvalue weighted by molar-refractivity contribution is -0.0583. The summed E-state index contributed by atoms with van der Waals surface area (Å²) in [6.45, 7) is -0.777. The van der Waals surface area contributed by atoms with Crippen molar-refractivity contribution < 1.29 is 22.7 Å². The number of hydrogen-bond acceptors (Lipinski definition) is 5. The number of rotatable bonds is 7. The highest BCUT2D eigenvalue weighted by atomic mass is 19.3. The van der Waals surface area contributed by atoms with Crippen LogP contribution in [0.15, 0.2) is 40.1 Å². The van der Waals surface area contributed by atoms with E-state index in [-0.39, 0.29) is 22.2 Å². The second-order valence-electron chi connectivity index (χ2n) is 8.38. The van der Waals surface area contributed by atoms with E-state index in [1.54, 1.807) is 0 Å². The molecule has 0 radical (unpaired) electrons. The van der Waals surface area contributed by atoms with Crippen molar-refractivity contribution in [2.75, 3.05) is 18.6 Å². The molecule has 3 aromatic rings. The van der Waals surface area contributed by atoms with Gasteiger partial charge in [0.05, 0.1) is 22.5 Å². The number of pyridine rings is 1. The van der Waals surface area contributed by atoms with Gasteiger partial charge in [0.25, 0.3) is 17.0 Å². The Balaban J connectivity index is 1.82. The van der Waals surface area contributed by atoms with Gasteiger partial charge in [0.2, 0.25) is 0 Å². The molecule has 176 valence electrons. The molecule has 7 nitrogen and oxygen atoms in total. The summed E-state index contributed by atoms with van der Waals surface area (Å²) in [5.74, 6) is -4.85. The Hall–Kier alpha value is -3.21. The zero-order valence-corrected chi connectivity index (χ0v) is 17.9. The molecule has 4 rings (SSSR count). The zero-order chi connectivity index (χ0) is 24.1. The van der Waals surface area contributed by atoms with Gasteiger partial charge in [0.15, 0.2) is 5.82 Å². The van der Waals surface area contributed by atoms with Crippen LogP contribution in [0.5, 0.6) is 0 Å². The average molecular weight is 466 g/mol. The van der Waals surface area contributed by atoms with Crippen LogP contribution in [0.3, 0.4) is 0 Å². The number of aliphatic hydroxyl groups is 1. The Morgan fingerprint density at radius 1 is 1.27 bits per heavy atom. The molecule has 1 saturated carbocycles. The summed E-state index contributed by atoms with van der Waals surface area (Å²) in [7, 11) is 1.37. The van der Waals surface area contributed by atoms with Crippen molar-refractivity contribution in [1.29, 1.82) is 0 Å². The topological polar surface area (TPSA) is 89.2 Å². The third-order valence-electron chi connectivity index (χ3n) is 6.11. The van der Waals surface area contributed by atoms with Crippen molar-refractivity contribution in [3.63, 3.8) is 0 Å². The molecule has 33 heavy (non-hydrogen) atoms. The van der Waals surface area contributed by atoms with Gasteiger partial charge in [-0.15, -0.1) is 0 Å². The molecule has 0 saturated heterocycles. The van der Waals surface area contributed by atoms with E-state index in [1.807, 2.05) is 0 Å². The van der Waals surface area contributed by atoms with E-state index in [0.717, 1.165) is 16.8 Å². The van der Waals surface area contributed by atoms with Crippen molar-refractivity contribution in [2.45, 2.75) is 37.3 Å². The Morgan fingerprint density at radius 3 is 2.58 bits per heavy atom. The van der Waals surface area contributed by atoms with Gasteiger partial charge in [0, 0.05) is 30.3 Å². The smallest absolute Gasteiger partial charge is 0.298 e. The highest BCUT2D eigenvalue weighted by molar-refractivity contribution is 5.90. The van der Waals surface area contributed by atoms with E-state index >= 15 is 0 Å².